The van der Waals surface area contributed by atoms with Gasteiger partial charge >= 0.3 is 5.97 Å². The number of nitrogens with zero attached hydrogens (tertiary/aromatic N) is 2. The predicted octanol–water partition coefficient (Wildman–Crippen LogP) is 5.33. The van der Waals surface area contributed by atoms with E-state index < -0.39 is 28.4 Å². The molecule has 0 saturated carbocycles. The number of ether oxygens (including phenoxy) is 2. The van der Waals surface area contributed by atoms with E-state index in [2.05, 4.69) is 26.5 Å². The summed E-state index contributed by atoms with van der Waals surface area (Å²) in [6, 6.07) is 26.3. The number of nitrogens with one attached hydrogen (secondary N) is 1. The number of esters is 1. The molecule has 0 aliphatic rings. The van der Waals surface area contributed by atoms with Crippen molar-refractivity contribution in [3.05, 3.63) is 118 Å². The first-order valence-electron chi connectivity index (χ1n) is 12.3. The van der Waals surface area contributed by atoms with Gasteiger partial charge in [-0.3, -0.25) is 9.10 Å². The number of carbonyl (C=O) groups is 2. The maximum atomic E-state index is 13.6. The Morgan fingerprint density at radius 2 is 1.63 bits per heavy atom. The van der Waals surface area contributed by atoms with Crippen LogP contribution >= 0.6 is 15.9 Å². The van der Waals surface area contributed by atoms with Crippen molar-refractivity contribution >= 4 is 49.7 Å². The number of hydrogen-bond donors (Lipinski definition) is 1. The largest absolute Gasteiger partial charge is 0.496 e. The lowest BCUT2D eigenvalue weighted by Gasteiger charge is -2.24. The molecular formula is C30H26BrN3O6S. The molecule has 210 valence electrons. The zero-order chi connectivity index (χ0) is 29.4. The molecular weight excluding hydrogens is 610 g/mol. The number of hydrazone groups is 1. The van der Waals surface area contributed by atoms with Crippen molar-refractivity contribution in [1.82, 2.24) is 5.43 Å². The third-order valence-electron chi connectivity index (χ3n) is 5.82. The Hall–Kier alpha value is -4.48. The van der Waals surface area contributed by atoms with Gasteiger partial charge in [0.2, 0.25) is 0 Å². The molecule has 1 N–H and O–H groups in total. The van der Waals surface area contributed by atoms with Gasteiger partial charge in [0.15, 0.2) is 0 Å². The fourth-order valence-electron chi connectivity index (χ4n) is 3.67. The Balaban J connectivity index is 1.45. The first-order chi connectivity index (χ1) is 19.7. The molecule has 11 heteroatoms. The minimum atomic E-state index is -4.13. The van der Waals surface area contributed by atoms with E-state index in [0.29, 0.717) is 32.8 Å². The van der Waals surface area contributed by atoms with Gasteiger partial charge in [-0.05, 0) is 95.1 Å². The van der Waals surface area contributed by atoms with Crippen LogP contribution in [0.15, 0.2) is 112 Å². The van der Waals surface area contributed by atoms with E-state index in [1.807, 2.05) is 13.0 Å². The number of halogens is 1. The molecule has 9 nitrogen and oxygen atoms in total. The van der Waals surface area contributed by atoms with Crippen molar-refractivity contribution in [3.8, 4) is 11.5 Å². The van der Waals surface area contributed by atoms with Crippen LogP contribution in [0.1, 0.15) is 21.5 Å². The molecule has 0 fully saturated rings. The third kappa shape index (κ3) is 7.59. The van der Waals surface area contributed by atoms with Crippen LogP contribution in [0.25, 0.3) is 0 Å². The maximum Gasteiger partial charge on any atom is 0.343 e. The van der Waals surface area contributed by atoms with E-state index in [4.69, 9.17) is 9.47 Å². The van der Waals surface area contributed by atoms with Gasteiger partial charge in [-0.1, -0.05) is 35.9 Å². The maximum absolute atomic E-state index is 13.6. The molecule has 1 amide bonds. The molecule has 4 aromatic rings. The average molecular weight is 637 g/mol. The molecule has 41 heavy (non-hydrogen) atoms. The predicted molar refractivity (Wildman–Crippen MR) is 160 cm³/mol. The van der Waals surface area contributed by atoms with Crippen molar-refractivity contribution in [3.63, 3.8) is 0 Å². The van der Waals surface area contributed by atoms with Gasteiger partial charge in [-0.25, -0.2) is 18.6 Å². The molecule has 0 aliphatic carbocycles. The van der Waals surface area contributed by atoms with Gasteiger partial charge in [0.25, 0.3) is 15.9 Å². The summed E-state index contributed by atoms with van der Waals surface area (Å²) in [7, 11) is -2.65. The molecule has 0 spiro atoms. The summed E-state index contributed by atoms with van der Waals surface area (Å²) in [6.07, 6.45) is 1.39. The highest BCUT2D eigenvalue weighted by Gasteiger charge is 2.28. The van der Waals surface area contributed by atoms with Gasteiger partial charge in [0.1, 0.15) is 18.0 Å². The van der Waals surface area contributed by atoms with Gasteiger partial charge in [0, 0.05) is 0 Å². The summed E-state index contributed by atoms with van der Waals surface area (Å²) >= 11 is 3.32. The summed E-state index contributed by atoms with van der Waals surface area (Å²) in [5.74, 6) is -0.301. The summed E-state index contributed by atoms with van der Waals surface area (Å²) in [5.41, 5.74) is 4.69. The van der Waals surface area contributed by atoms with Gasteiger partial charge in [-0.2, -0.15) is 5.10 Å². The van der Waals surface area contributed by atoms with E-state index in [1.54, 1.807) is 72.8 Å². The average Bonchev–Trinajstić information content (AvgIpc) is 2.97. The normalized spacial score (nSPS) is 11.2. The van der Waals surface area contributed by atoms with Crippen molar-refractivity contribution in [2.24, 2.45) is 5.10 Å². The molecule has 0 atom stereocenters. The standard InChI is InChI=1S/C30H26BrN3O6S/c1-21-8-12-24(13-9-21)34(41(37,38)26-16-17-28(39-2)27(31)18-26)20-29(35)33-32-19-22-10-14-25(15-11-22)40-30(36)23-6-4-3-5-7-23/h3-19H,20H2,1-2H3,(H,33,35)/b32-19+. The quantitative estimate of drug-likeness (QED) is 0.109. The Morgan fingerprint density at radius 1 is 0.951 bits per heavy atom. The minimum Gasteiger partial charge on any atom is -0.496 e. The smallest absolute Gasteiger partial charge is 0.343 e. The van der Waals surface area contributed by atoms with Crippen LogP contribution in [0.3, 0.4) is 0 Å². The zero-order valence-electron chi connectivity index (χ0n) is 22.2. The second-order valence-corrected chi connectivity index (χ2v) is 11.5. The lowest BCUT2D eigenvalue weighted by molar-refractivity contribution is -0.119. The second kappa shape index (κ2) is 13.2. The van der Waals surface area contributed by atoms with Crippen molar-refractivity contribution in [1.29, 1.82) is 0 Å². The summed E-state index contributed by atoms with van der Waals surface area (Å²) in [6.45, 7) is 1.37. The summed E-state index contributed by atoms with van der Waals surface area (Å²) in [5, 5.41) is 3.95. The van der Waals surface area contributed by atoms with Crippen molar-refractivity contribution < 1.29 is 27.5 Å². The topological polar surface area (TPSA) is 114 Å². The van der Waals surface area contributed by atoms with E-state index in [1.165, 1.54) is 31.5 Å². The molecule has 4 aromatic carbocycles. The third-order valence-corrected chi connectivity index (χ3v) is 8.21. The number of benzene rings is 4. The van der Waals surface area contributed by atoms with Crippen LogP contribution in [0.4, 0.5) is 5.69 Å². The zero-order valence-corrected chi connectivity index (χ0v) is 24.6. The van der Waals surface area contributed by atoms with Crippen LogP contribution in [0, 0.1) is 6.92 Å². The Morgan fingerprint density at radius 3 is 2.27 bits per heavy atom. The van der Waals surface area contributed by atoms with Gasteiger partial charge in [0.05, 0.1) is 33.9 Å². The highest BCUT2D eigenvalue weighted by molar-refractivity contribution is 9.10. The molecule has 0 saturated heterocycles. The molecule has 0 unspecified atom stereocenters. The van der Waals surface area contributed by atoms with Crippen molar-refractivity contribution in [2.45, 2.75) is 11.8 Å². The highest BCUT2D eigenvalue weighted by Crippen LogP contribution is 2.30. The first kappa shape index (κ1) is 29.5. The summed E-state index contributed by atoms with van der Waals surface area (Å²) < 4.78 is 39.2. The van der Waals surface area contributed by atoms with E-state index in [9.17, 15) is 18.0 Å². The number of rotatable bonds is 10. The lowest BCUT2D eigenvalue weighted by atomic mass is 10.2. The van der Waals surface area contributed by atoms with Crippen LogP contribution in [0.2, 0.25) is 0 Å². The number of anilines is 1. The Bertz CT molecular complexity index is 1660. The number of amides is 1. The second-order valence-electron chi connectivity index (χ2n) is 8.76. The molecule has 4 rings (SSSR count). The van der Waals surface area contributed by atoms with E-state index in [-0.39, 0.29) is 4.90 Å². The number of aryl methyl sites for hydroxylation is 1. The molecule has 0 aromatic heterocycles. The fourth-order valence-corrected chi connectivity index (χ4v) is 5.81. The SMILES string of the molecule is COc1ccc(S(=O)(=O)N(CC(=O)N/N=C/c2ccc(OC(=O)c3ccccc3)cc2)c2ccc(C)cc2)cc1Br. The molecule has 0 bridgehead atoms. The molecule has 0 radical (unpaired) electrons. The van der Waals surface area contributed by atoms with E-state index >= 15 is 0 Å². The van der Waals surface area contributed by atoms with Crippen LogP contribution in [-0.4, -0.2) is 40.2 Å². The highest BCUT2D eigenvalue weighted by atomic mass is 79.9. The molecule has 0 aliphatic heterocycles. The number of hydrogen-bond acceptors (Lipinski definition) is 7. The van der Waals surface area contributed by atoms with Crippen LogP contribution in [-0.2, 0) is 14.8 Å². The fraction of sp³-hybridized carbons (Fsp3) is 0.100. The number of sulfonamides is 1. The van der Waals surface area contributed by atoms with Crippen LogP contribution in [0.5, 0.6) is 11.5 Å². The number of carbonyl (C=O) groups excluding carboxylic acids is 2. The van der Waals surface area contributed by atoms with Crippen molar-refractivity contribution in [2.75, 3.05) is 18.0 Å². The monoisotopic (exact) mass is 635 g/mol. The van der Waals surface area contributed by atoms with E-state index in [0.717, 1.165) is 9.87 Å². The number of methoxy groups -OCH3 is 1. The lowest BCUT2D eigenvalue weighted by Crippen LogP contribution is -2.39. The first-order valence-corrected chi connectivity index (χ1v) is 14.5. The van der Waals surface area contributed by atoms with Gasteiger partial charge in [-0.15, -0.1) is 0 Å². The molecule has 0 heterocycles. The van der Waals surface area contributed by atoms with Crippen LogP contribution < -0.4 is 19.2 Å². The Labute approximate surface area is 246 Å². The minimum absolute atomic E-state index is 0.0184. The van der Waals surface area contributed by atoms with Gasteiger partial charge < -0.3 is 9.47 Å². The summed E-state index contributed by atoms with van der Waals surface area (Å²) in [4.78, 5) is 25.0. The Kier molecular flexibility index (Phi) is 9.53.